The third-order valence-electron chi connectivity index (χ3n) is 2.29. The van der Waals surface area contributed by atoms with Crippen LogP contribution in [0, 0.1) is 0 Å². The second-order valence-corrected chi connectivity index (χ2v) is 3.50. The summed E-state index contributed by atoms with van der Waals surface area (Å²) in [6.07, 6.45) is 0. The topological polar surface area (TPSA) is 17.1 Å². The van der Waals surface area contributed by atoms with Crippen molar-refractivity contribution in [1.29, 1.82) is 0 Å². The summed E-state index contributed by atoms with van der Waals surface area (Å²) >= 11 is 0. The van der Waals surface area contributed by atoms with Crippen molar-refractivity contribution >= 4 is 5.78 Å². The Hall–Kier alpha value is -1.89. The van der Waals surface area contributed by atoms with Crippen LogP contribution in [0.3, 0.4) is 0 Å². The van der Waals surface area contributed by atoms with Crippen LogP contribution in [0.4, 0.5) is 0 Å². The molecule has 0 atom stereocenters. The van der Waals surface area contributed by atoms with Crippen molar-refractivity contribution in [3.8, 4) is 11.1 Å². The van der Waals surface area contributed by atoms with E-state index in [1.165, 1.54) is 11.1 Å². The number of Topliss-reactive ketones (excluding diaryl/α,β-unsaturated/α-hetero) is 1. The molecule has 1 heteroatoms. The summed E-state index contributed by atoms with van der Waals surface area (Å²) in [4.78, 5) is 10.6. The van der Waals surface area contributed by atoms with Crippen LogP contribution in [0.2, 0.25) is 0 Å². The van der Waals surface area contributed by atoms with Crippen molar-refractivity contribution in [1.82, 2.24) is 0 Å². The van der Waals surface area contributed by atoms with Gasteiger partial charge in [-0.25, -0.2) is 0 Å². The van der Waals surface area contributed by atoms with Crippen molar-refractivity contribution in [2.24, 2.45) is 0 Å². The first-order valence-corrected chi connectivity index (χ1v) is 4.94. The van der Waals surface area contributed by atoms with Gasteiger partial charge in [0.25, 0.3) is 0 Å². The normalized spacial score (nSPS) is 9.93. The quantitative estimate of drug-likeness (QED) is 0.544. The van der Waals surface area contributed by atoms with Crippen LogP contribution in [0.1, 0.15) is 17.3 Å². The van der Waals surface area contributed by atoms with Crippen molar-refractivity contribution in [2.45, 2.75) is 6.92 Å². The van der Waals surface area contributed by atoms with Gasteiger partial charge in [0.05, 0.1) is 0 Å². The molecule has 0 bridgehead atoms. The summed E-state index contributed by atoms with van der Waals surface area (Å²) in [6, 6.07) is 17.7. The summed E-state index contributed by atoms with van der Waals surface area (Å²) in [5.41, 5.74) is 3.63. The molecule has 2 aliphatic carbocycles. The lowest BCUT2D eigenvalue weighted by Gasteiger charge is -1.89. The number of benzene rings is 2. The predicted molar refractivity (Wildman–Crippen MR) is 61.9 cm³/mol. The Labute approximate surface area is 89.4 Å². The molecule has 0 aromatic heterocycles. The van der Waals surface area contributed by atoms with Crippen molar-refractivity contribution in [2.75, 3.05) is 0 Å². The zero-order chi connectivity index (χ0) is 10.7. The van der Waals surface area contributed by atoms with Crippen LogP contribution in [-0.2, 0) is 0 Å². The lowest BCUT2D eigenvalue weighted by molar-refractivity contribution is 0.101. The Morgan fingerprint density at radius 2 is 1.47 bits per heavy atom. The van der Waals surface area contributed by atoms with Crippen LogP contribution in [0.25, 0.3) is 11.1 Å². The number of ketones is 1. The van der Waals surface area contributed by atoms with Gasteiger partial charge in [0.1, 0.15) is 0 Å². The van der Waals surface area contributed by atoms with E-state index in [1.807, 2.05) is 30.3 Å². The Morgan fingerprint density at radius 1 is 0.867 bits per heavy atom. The lowest BCUT2D eigenvalue weighted by atomic mass is 10.2. The first kappa shape index (κ1) is 9.66. The fourth-order valence-electron chi connectivity index (χ4n) is 1.35. The highest BCUT2D eigenvalue weighted by molar-refractivity contribution is 5.93. The van der Waals surface area contributed by atoms with Gasteiger partial charge >= 0.3 is 0 Å². The Balaban J connectivity index is 0.000000121. The van der Waals surface area contributed by atoms with Gasteiger partial charge in [-0.15, -0.1) is 0 Å². The van der Waals surface area contributed by atoms with Gasteiger partial charge < -0.3 is 0 Å². The van der Waals surface area contributed by atoms with Gasteiger partial charge in [0, 0.05) is 5.56 Å². The van der Waals surface area contributed by atoms with E-state index in [4.69, 9.17) is 0 Å². The maximum atomic E-state index is 10.6. The molecule has 3 rings (SSSR count). The van der Waals surface area contributed by atoms with Gasteiger partial charge in [0.2, 0.25) is 0 Å². The first-order valence-electron chi connectivity index (χ1n) is 4.94. The summed E-state index contributed by atoms with van der Waals surface area (Å²) in [5, 5.41) is 0. The second kappa shape index (κ2) is 4.09. The fraction of sp³-hybridized carbons (Fsp3) is 0.0714. The highest BCUT2D eigenvalue weighted by Crippen LogP contribution is 2.32. The average molecular weight is 196 g/mol. The minimum atomic E-state index is 0.121. The van der Waals surface area contributed by atoms with E-state index in [-0.39, 0.29) is 5.78 Å². The molecule has 0 amide bonds. The Kier molecular flexibility index (Phi) is 2.64. The SMILES string of the molecule is CC(=O)c1ccccc1.c1cc2cc-2c1. The third kappa shape index (κ3) is 2.53. The summed E-state index contributed by atoms with van der Waals surface area (Å²) in [7, 11) is 0. The number of hydrogen-bond donors (Lipinski definition) is 0. The minimum absolute atomic E-state index is 0.121. The van der Waals surface area contributed by atoms with E-state index in [9.17, 15) is 4.79 Å². The molecule has 1 aromatic carbocycles. The first-order chi connectivity index (χ1) is 7.27. The van der Waals surface area contributed by atoms with E-state index in [0.717, 1.165) is 5.56 Å². The summed E-state index contributed by atoms with van der Waals surface area (Å²) < 4.78 is 0. The standard InChI is InChI=1S/C8H8O.C6H4/c1-7(9)8-5-3-2-4-6-8;1-2-5-4-6(5)3-1/h2-6H,1H3;1-4H. The molecule has 0 saturated heterocycles. The predicted octanol–water partition coefficient (Wildman–Crippen LogP) is 3.56. The van der Waals surface area contributed by atoms with Gasteiger partial charge in [-0.3, -0.25) is 4.79 Å². The highest BCUT2D eigenvalue weighted by atomic mass is 16.1. The van der Waals surface area contributed by atoms with Crippen LogP contribution < -0.4 is 0 Å². The zero-order valence-electron chi connectivity index (χ0n) is 8.60. The molecule has 0 heterocycles. The average Bonchev–Trinajstić information content (AvgIpc) is 2.88. The second-order valence-electron chi connectivity index (χ2n) is 3.50. The molecule has 15 heavy (non-hydrogen) atoms. The molecule has 0 radical (unpaired) electrons. The van der Waals surface area contributed by atoms with Crippen molar-refractivity contribution in [3.63, 3.8) is 0 Å². The molecule has 0 spiro atoms. The molecule has 1 aromatic rings. The highest BCUT2D eigenvalue weighted by Gasteiger charge is 2.06. The van der Waals surface area contributed by atoms with E-state index in [2.05, 4.69) is 24.3 Å². The largest absolute Gasteiger partial charge is 0.295 e. The molecule has 0 aliphatic heterocycles. The number of carbonyl (C=O) groups is 1. The van der Waals surface area contributed by atoms with E-state index in [1.54, 1.807) is 6.92 Å². The van der Waals surface area contributed by atoms with Crippen LogP contribution in [0.15, 0.2) is 54.6 Å². The molecule has 74 valence electrons. The Morgan fingerprint density at radius 3 is 1.73 bits per heavy atom. The number of rotatable bonds is 1. The molecular weight excluding hydrogens is 184 g/mol. The zero-order valence-corrected chi connectivity index (χ0v) is 8.60. The molecule has 0 N–H and O–H groups in total. The van der Waals surface area contributed by atoms with Crippen LogP contribution in [0.5, 0.6) is 0 Å². The summed E-state index contributed by atoms with van der Waals surface area (Å²) in [5.74, 6) is 0.121. The van der Waals surface area contributed by atoms with Crippen molar-refractivity contribution < 1.29 is 4.79 Å². The maximum absolute atomic E-state index is 10.6. The minimum Gasteiger partial charge on any atom is -0.295 e. The molecule has 0 unspecified atom stereocenters. The number of carbonyl (C=O) groups excluding carboxylic acids is 1. The molecule has 1 nitrogen and oxygen atoms in total. The molecule has 0 saturated carbocycles. The third-order valence-corrected chi connectivity index (χ3v) is 2.29. The Bertz CT molecular complexity index is 454. The van der Waals surface area contributed by atoms with Crippen LogP contribution in [-0.4, -0.2) is 5.78 Å². The van der Waals surface area contributed by atoms with E-state index >= 15 is 0 Å². The van der Waals surface area contributed by atoms with Gasteiger partial charge in [-0.2, -0.15) is 0 Å². The van der Waals surface area contributed by atoms with E-state index < -0.39 is 0 Å². The maximum Gasteiger partial charge on any atom is 0.159 e. The van der Waals surface area contributed by atoms with Crippen LogP contribution >= 0.6 is 0 Å². The van der Waals surface area contributed by atoms with Gasteiger partial charge in [0.15, 0.2) is 5.78 Å². The number of fused-ring (bicyclic) bond motifs is 1. The lowest BCUT2D eigenvalue weighted by Crippen LogP contribution is -1.88. The fourth-order valence-corrected chi connectivity index (χ4v) is 1.35. The van der Waals surface area contributed by atoms with Gasteiger partial charge in [-0.1, -0.05) is 48.5 Å². The number of hydrogen-bond acceptors (Lipinski definition) is 1. The monoisotopic (exact) mass is 196 g/mol. The van der Waals surface area contributed by atoms with Crippen molar-refractivity contribution in [3.05, 3.63) is 60.2 Å². The van der Waals surface area contributed by atoms with E-state index in [0.29, 0.717) is 0 Å². The van der Waals surface area contributed by atoms with Gasteiger partial charge in [-0.05, 0) is 24.1 Å². The molecular formula is C14H12O. The molecule has 2 aliphatic rings. The molecule has 0 fully saturated rings. The summed E-state index contributed by atoms with van der Waals surface area (Å²) in [6.45, 7) is 1.56. The smallest absolute Gasteiger partial charge is 0.159 e.